The van der Waals surface area contributed by atoms with Crippen LogP contribution >= 0.6 is 15.9 Å². The molecule has 0 spiro atoms. The first-order chi connectivity index (χ1) is 9.20. The molecule has 1 aromatic carbocycles. The predicted molar refractivity (Wildman–Crippen MR) is 78.4 cm³/mol. The summed E-state index contributed by atoms with van der Waals surface area (Å²) in [6.07, 6.45) is 3.61. The lowest BCUT2D eigenvalue weighted by Gasteiger charge is -2.16. The molecule has 19 heavy (non-hydrogen) atoms. The Morgan fingerprint density at radius 1 is 1.42 bits per heavy atom. The van der Waals surface area contributed by atoms with E-state index in [1.807, 2.05) is 12.1 Å². The number of rotatable bonds is 6. The largest absolute Gasteiger partial charge is 0.493 e. The van der Waals surface area contributed by atoms with Gasteiger partial charge < -0.3 is 4.74 Å². The van der Waals surface area contributed by atoms with E-state index >= 15 is 0 Å². The number of hydrogen-bond donors (Lipinski definition) is 1. The Morgan fingerprint density at radius 3 is 2.95 bits per heavy atom. The molecule has 0 bridgehead atoms. The van der Waals surface area contributed by atoms with Crippen molar-refractivity contribution in [3.63, 3.8) is 0 Å². The van der Waals surface area contributed by atoms with E-state index in [1.165, 1.54) is 5.56 Å². The fraction of sp³-hybridized carbons (Fsp3) is 0.429. The number of hydrogen-bond acceptors (Lipinski definition) is 3. The maximum absolute atomic E-state index is 5.82. The second-order valence-corrected chi connectivity index (χ2v) is 5.51. The molecule has 1 N–H and O–H groups in total. The third kappa shape index (κ3) is 3.80. The molecule has 0 amide bonds. The van der Waals surface area contributed by atoms with Crippen molar-refractivity contribution in [2.24, 2.45) is 0 Å². The van der Waals surface area contributed by atoms with Gasteiger partial charge in [0, 0.05) is 4.47 Å². The molecule has 102 valence electrons. The fourth-order valence-electron chi connectivity index (χ4n) is 2.00. The van der Waals surface area contributed by atoms with Crippen LogP contribution in [0, 0.1) is 0 Å². The van der Waals surface area contributed by atoms with E-state index in [4.69, 9.17) is 4.74 Å². The Hall–Kier alpha value is -1.36. The first kappa shape index (κ1) is 14.1. The standard InChI is InChI=1S/C14H18BrN3O/c1-3-6-19-14-5-4-11(15)8-13(14)10(2)7-12-9-16-18-17-12/h4-5,8-10H,3,6-7H2,1-2H3,(H,16,17,18). The van der Waals surface area contributed by atoms with Crippen LogP contribution in [-0.2, 0) is 6.42 Å². The zero-order valence-electron chi connectivity index (χ0n) is 11.2. The molecule has 0 aliphatic heterocycles. The first-order valence-corrected chi connectivity index (χ1v) is 7.27. The summed E-state index contributed by atoms with van der Waals surface area (Å²) in [6.45, 7) is 5.03. The molecule has 0 saturated carbocycles. The highest BCUT2D eigenvalue weighted by Crippen LogP contribution is 2.31. The Labute approximate surface area is 121 Å². The van der Waals surface area contributed by atoms with Gasteiger partial charge in [0.15, 0.2) is 0 Å². The molecule has 2 rings (SSSR count). The van der Waals surface area contributed by atoms with Gasteiger partial charge >= 0.3 is 0 Å². The molecule has 1 atom stereocenters. The summed E-state index contributed by atoms with van der Waals surface area (Å²) in [6, 6.07) is 6.15. The number of benzene rings is 1. The molecule has 1 unspecified atom stereocenters. The minimum Gasteiger partial charge on any atom is -0.493 e. The average molecular weight is 324 g/mol. The summed E-state index contributed by atoms with van der Waals surface area (Å²) < 4.78 is 6.88. The van der Waals surface area contributed by atoms with Gasteiger partial charge in [-0.25, -0.2) is 0 Å². The lowest BCUT2D eigenvalue weighted by atomic mass is 9.95. The van der Waals surface area contributed by atoms with Crippen LogP contribution in [0.2, 0.25) is 0 Å². The minimum atomic E-state index is 0.328. The lowest BCUT2D eigenvalue weighted by molar-refractivity contribution is 0.312. The van der Waals surface area contributed by atoms with E-state index in [1.54, 1.807) is 6.20 Å². The lowest BCUT2D eigenvalue weighted by Crippen LogP contribution is -2.04. The van der Waals surface area contributed by atoms with Gasteiger partial charge in [0.2, 0.25) is 0 Å². The third-order valence-corrected chi connectivity index (χ3v) is 3.44. The van der Waals surface area contributed by atoms with Gasteiger partial charge in [-0.2, -0.15) is 15.4 Å². The van der Waals surface area contributed by atoms with Crippen LogP contribution in [0.15, 0.2) is 28.9 Å². The van der Waals surface area contributed by atoms with Crippen LogP contribution in [0.5, 0.6) is 5.75 Å². The first-order valence-electron chi connectivity index (χ1n) is 6.47. The van der Waals surface area contributed by atoms with Crippen molar-refractivity contribution in [3.05, 3.63) is 40.1 Å². The van der Waals surface area contributed by atoms with E-state index in [2.05, 4.69) is 51.3 Å². The zero-order valence-corrected chi connectivity index (χ0v) is 12.8. The molecule has 0 saturated heterocycles. The Morgan fingerprint density at radius 2 is 2.26 bits per heavy atom. The number of H-pyrrole nitrogens is 1. The van der Waals surface area contributed by atoms with Gasteiger partial charge in [-0.3, -0.25) is 0 Å². The number of nitrogens with one attached hydrogen (secondary N) is 1. The van der Waals surface area contributed by atoms with Gasteiger partial charge in [0.1, 0.15) is 5.75 Å². The van der Waals surface area contributed by atoms with Crippen molar-refractivity contribution in [1.29, 1.82) is 0 Å². The number of aromatic amines is 1. The highest BCUT2D eigenvalue weighted by Gasteiger charge is 2.14. The summed E-state index contributed by atoms with van der Waals surface area (Å²) in [4.78, 5) is 0. The van der Waals surface area contributed by atoms with E-state index in [0.29, 0.717) is 5.92 Å². The monoisotopic (exact) mass is 323 g/mol. The molecule has 1 aromatic heterocycles. The van der Waals surface area contributed by atoms with Crippen molar-refractivity contribution in [1.82, 2.24) is 15.4 Å². The normalized spacial score (nSPS) is 12.4. The molecule has 0 fully saturated rings. The molecule has 1 heterocycles. The zero-order chi connectivity index (χ0) is 13.7. The SMILES string of the molecule is CCCOc1ccc(Br)cc1C(C)Cc1cn[nH]n1. The van der Waals surface area contributed by atoms with E-state index < -0.39 is 0 Å². The summed E-state index contributed by atoms with van der Waals surface area (Å²) in [5.74, 6) is 1.29. The summed E-state index contributed by atoms with van der Waals surface area (Å²) >= 11 is 3.52. The van der Waals surface area contributed by atoms with Crippen LogP contribution < -0.4 is 4.74 Å². The van der Waals surface area contributed by atoms with E-state index in [-0.39, 0.29) is 0 Å². The molecule has 0 aliphatic rings. The minimum absolute atomic E-state index is 0.328. The average Bonchev–Trinajstić information content (AvgIpc) is 2.90. The summed E-state index contributed by atoms with van der Waals surface area (Å²) in [5.41, 5.74) is 2.17. The smallest absolute Gasteiger partial charge is 0.122 e. The van der Waals surface area contributed by atoms with Crippen molar-refractivity contribution in [3.8, 4) is 5.75 Å². The van der Waals surface area contributed by atoms with Gasteiger partial charge in [0.25, 0.3) is 0 Å². The van der Waals surface area contributed by atoms with Gasteiger partial charge in [-0.1, -0.05) is 29.8 Å². The highest BCUT2D eigenvalue weighted by molar-refractivity contribution is 9.10. The fourth-order valence-corrected chi connectivity index (χ4v) is 2.37. The highest BCUT2D eigenvalue weighted by atomic mass is 79.9. The van der Waals surface area contributed by atoms with Crippen LogP contribution in [0.3, 0.4) is 0 Å². The van der Waals surface area contributed by atoms with Gasteiger partial charge in [-0.15, -0.1) is 0 Å². The molecular formula is C14H18BrN3O. The maximum Gasteiger partial charge on any atom is 0.122 e. The Kier molecular flexibility index (Phi) is 4.96. The van der Waals surface area contributed by atoms with Crippen molar-refractivity contribution >= 4 is 15.9 Å². The Balaban J connectivity index is 2.18. The second kappa shape index (κ2) is 6.70. The number of nitrogens with zero attached hydrogens (tertiary/aromatic N) is 2. The van der Waals surface area contributed by atoms with Crippen molar-refractivity contribution < 1.29 is 4.74 Å². The van der Waals surface area contributed by atoms with E-state index in [0.717, 1.165) is 35.4 Å². The molecule has 5 heteroatoms. The maximum atomic E-state index is 5.82. The van der Waals surface area contributed by atoms with Crippen molar-refractivity contribution in [2.75, 3.05) is 6.61 Å². The van der Waals surface area contributed by atoms with Gasteiger partial charge in [0.05, 0.1) is 18.5 Å². The second-order valence-electron chi connectivity index (χ2n) is 4.60. The number of ether oxygens (including phenoxy) is 1. The predicted octanol–water partition coefficient (Wildman–Crippen LogP) is 3.70. The topological polar surface area (TPSA) is 50.8 Å². The quantitative estimate of drug-likeness (QED) is 0.881. The van der Waals surface area contributed by atoms with Gasteiger partial charge in [-0.05, 0) is 42.5 Å². The van der Waals surface area contributed by atoms with Crippen LogP contribution in [-0.4, -0.2) is 22.0 Å². The molecule has 2 aromatic rings. The summed E-state index contributed by atoms with van der Waals surface area (Å²) in [5, 5.41) is 10.6. The number of aromatic nitrogens is 3. The van der Waals surface area contributed by atoms with E-state index in [9.17, 15) is 0 Å². The van der Waals surface area contributed by atoms with Crippen LogP contribution in [0.25, 0.3) is 0 Å². The van der Waals surface area contributed by atoms with Crippen molar-refractivity contribution in [2.45, 2.75) is 32.6 Å². The van der Waals surface area contributed by atoms with Crippen LogP contribution in [0.4, 0.5) is 0 Å². The summed E-state index contributed by atoms with van der Waals surface area (Å²) in [7, 11) is 0. The van der Waals surface area contributed by atoms with Crippen LogP contribution in [0.1, 0.15) is 37.4 Å². The third-order valence-electron chi connectivity index (χ3n) is 2.94. The molecule has 0 radical (unpaired) electrons. The number of halogens is 1. The molecule has 4 nitrogen and oxygen atoms in total. The Bertz CT molecular complexity index is 513. The molecule has 0 aliphatic carbocycles. The molecular weight excluding hydrogens is 306 g/mol.